The summed E-state index contributed by atoms with van der Waals surface area (Å²) in [6, 6.07) is 13.3. The molecule has 0 saturated carbocycles. The first-order chi connectivity index (χ1) is 11.4. The van der Waals surface area contributed by atoms with Gasteiger partial charge in [-0.1, -0.05) is 24.3 Å². The normalized spacial score (nSPS) is 15.2. The topological polar surface area (TPSA) is 83.6 Å². The molecule has 2 aromatic rings. The molecule has 0 spiro atoms. The number of benzene rings is 2. The van der Waals surface area contributed by atoms with Gasteiger partial charge in [0.05, 0.1) is 5.56 Å². The number of amides is 2. The average molecular weight is 344 g/mol. The molecular formula is C17H16N2O4S. The molecule has 0 unspecified atom stereocenters. The molecule has 124 valence electrons. The minimum absolute atomic E-state index is 0.00547. The number of hydrogen-bond acceptors (Lipinski definition) is 4. The van der Waals surface area contributed by atoms with Crippen LogP contribution in [0.3, 0.4) is 0 Å². The van der Waals surface area contributed by atoms with E-state index >= 15 is 0 Å². The zero-order valence-electron chi connectivity index (χ0n) is 13.0. The number of sulfonamides is 1. The molecular weight excluding hydrogens is 328 g/mol. The van der Waals surface area contributed by atoms with Crippen LogP contribution < -0.4 is 5.32 Å². The Balaban J connectivity index is 1.69. The van der Waals surface area contributed by atoms with Gasteiger partial charge in [0.25, 0.3) is 15.9 Å². The van der Waals surface area contributed by atoms with Gasteiger partial charge in [0, 0.05) is 18.7 Å². The second-order valence-electron chi connectivity index (χ2n) is 5.55. The van der Waals surface area contributed by atoms with Gasteiger partial charge in [-0.25, -0.2) is 12.7 Å². The van der Waals surface area contributed by atoms with Crippen LogP contribution in [0.4, 0.5) is 5.69 Å². The maximum atomic E-state index is 12.4. The summed E-state index contributed by atoms with van der Waals surface area (Å²) in [6.07, 6.45) is -0.104. The molecule has 2 amide bonds. The Labute approximate surface area is 140 Å². The summed E-state index contributed by atoms with van der Waals surface area (Å²) in [4.78, 5) is 24.3. The lowest BCUT2D eigenvalue weighted by atomic mass is 10.2. The maximum absolute atomic E-state index is 12.4. The second kappa shape index (κ2) is 6.09. The Morgan fingerprint density at radius 1 is 1.12 bits per heavy atom. The van der Waals surface area contributed by atoms with Crippen LogP contribution in [0, 0.1) is 6.92 Å². The highest BCUT2D eigenvalue weighted by atomic mass is 32.2. The molecule has 24 heavy (non-hydrogen) atoms. The summed E-state index contributed by atoms with van der Waals surface area (Å²) in [5, 5.41) is 2.70. The first-order valence-electron chi connectivity index (χ1n) is 7.42. The largest absolute Gasteiger partial charge is 0.326 e. The van der Waals surface area contributed by atoms with Crippen LogP contribution in [-0.2, 0) is 14.8 Å². The summed E-state index contributed by atoms with van der Waals surface area (Å²) in [5.41, 5.74) is 1.79. The molecule has 0 bridgehead atoms. The molecule has 0 aromatic heterocycles. The number of carbonyl (C=O) groups excluding carboxylic acids is 2. The van der Waals surface area contributed by atoms with Crippen molar-refractivity contribution in [3.8, 4) is 0 Å². The molecule has 0 fully saturated rings. The van der Waals surface area contributed by atoms with Gasteiger partial charge in [-0.15, -0.1) is 0 Å². The van der Waals surface area contributed by atoms with Gasteiger partial charge in [0.2, 0.25) is 5.91 Å². The molecule has 1 heterocycles. The van der Waals surface area contributed by atoms with Gasteiger partial charge in [0.15, 0.2) is 0 Å². The number of anilines is 1. The van der Waals surface area contributed by atoms with Crippen molar-refractivity contribution in [1.29, 1.82) is 0 Å². The Kier molecular flexibility index (Phi) is 4.11. The Morgan fingerprint density at radius 2 is 1.88 bits per heavy atom. The Hall–Kier alpha value is -2.67. The van der Waals surface area contributed by atoms with Crippen LogP contribution in [0.15, 0.2) is 53.4 Å². The standard InChI is InChI=1S/C17H16N2O4S/c1-12-5-4-6-13(11-12)18-16(20)9-10-19-17(21)14-7-2-3-8-15(14)24(19,22)23/h2-8,11H,9-10H2,1H3,(H,18,20). The van der Waals surface area contributed by atoms with Gasteiger partial charge in [-0.05, 0) is 36.8 Å². The van der Waals surface area contributed by atoms with Gasteiger partial charge < -0.3 is 5.32 Å². The molecule has 3 rings (SSSR count). The first kappa shape index (κ1) is 16.2. The van der Waals surface area contributed by atoms with E-state index in [1.54, 1.807) is 18.2 Å². The molecule has 1 N–H and O–H groups in total. The van der Waals surface area contributed by atoms with E-state index in [0.29, 0.717) is 5.69 Å². The number of nitrogens with one attached hydrogen (secondary N) is 1. The molecule has 0 saturated heterocycles. The van der Waals surface area contributed by atoms with E-state index in [4.69, 9.17) is 0 Å². The van der Waals surface area contributed by atoms with Gasteiger partial charge in [-0.2, -0.15) is 0 Å². The second-order valence-corrected chi connectivity index (χ2v) is 7.38. The highest BCUT2D eigenvalue weighted by Crippen LogP contribution is 2.29. The van der Waals surface area contributed by atoms with Gasteiger partial charge in [0.1, 0.15) is 4.90 Å². The van der Waals surface area contributed by atoms with Crippen LogP contribution in [0.1, 0.15) is 22.3 Å². The monoisotopic (exact) mass is 344 g/mol. The summed E-state index contributed by atoms with van der Waals surface area (Å²) in [5.74, 6) is -0.937. The van der Waals surface area contributed by atoms with E-state index in [1.807, 2.05) is 25.1 Å². The molecule has 2 aromatic carbocycles. The highest BCUT2D eigenvalue weighted by molar-refractivity contribution is 7.90. The molecule has 0 atom stereocenters. The van der Waals surface area contributed by atoms with Crippen molar-refractivity contribution < 1.29 is 18.0 Å². The molecule has 0 radical (unpaired) electrons. The summed E-state index contributed by atoms with van der Waals surface area (Å²) in [6.45, 7) is 1.72. The fourth-order valence-electron chi connectivity index (χ4n) is 2.60. The zero-order valence-corrected chi connectivity index (χ0v) is 13.8. The van der Waals surface area contributed by atoms with Crippen molar-refractivity contribution in [1.82, 2.24) is 4.31 Å². The van der Waals surface area contributed by atoms with E-state index in [1.165, 1.54) is 12.1 Å². The number of carbonyl (C=O) groups is 2. The smallest absolute Gasteiger partial charge is 0.269 e. The van der Waals surface area contributed by atoms with Crippen molar-refractivity contribution in [2.75, 3.05) is 11.9 Å². The SMILES string of the molecule is Cc1cccc(NC(=O)CCN2C(=O)c3ccccc3S2(=O)=O)c1. The fourth-order valence-corrected chi connectivity index (χ4v) is 4.17. The van der Waals surface area contributed by atoms with Gasteiger partial charge in [-0.3, -0.25) is 9.59 Å². The number of nitrogens with zero attached hydrogens (tertiary/aromatic N) is 1. The van der Waals surface area contributed by atoms with Crippen molar-refractivity contribution in [2.24, 2.45) is 0 Å². The van der Waals surface area contributed by atoms with Crippen molar-refractivity contribution in [2.45, 2.75) is 18.2 Å². The lowest BCUT2D eigenvalue weighted by Crippen LogP contribution is -2.33. The molecule has 0 aliphatic carbocycles. The highest BCUT2D eigenvalue weighted by Gasteiger charge is 2.40. The lowest BCUT2D eigenvalue weighted by Gasteiger charge is -2.14. The third-order valence-corrected chi connectivity index (χ3v) is 5.60. The molecule has 1 aliphatic heterocycles. The third kappa shape index (κ3) is 2.90. The van der Waals surface area contributed by atoms with Crippen molar-refractivity contribution in [3.63, 3.8) is 0 Å². The quantitative estimate of drug-likeness (QED) is 0.921. The van der Waals surface area contributed by atoms with E-state index in [0.717, 1.165) is 9.87 Å². The fraction of sp³-hybridized carbons (Fsp3) is 0.176. The zero-order chi connectivity index (χ0) is 17.3. The van der Waals surface area contributed by atoms with E-state index in [2.05, 4.69) is 5.32 Å². The van der Waals surface area contributed by atoms with E-state index in [-0.39, 0.29) is 29.3 Å². The van der Waals surface area contributed by atoms with Gasteiger partial charge >= 0.3 is 0 Å². The lowest BCUT2D eigenvalue weighted by molar-refractivity contribution is -0.116. The van der Waals surface area contributed by atoms with Crippen molar-refractivity contribution >= 4 is 27.5 Å². The van der Waals surface area contributed by atoms with Crippen LogP contribution in [0.5, 0.6) is 0 Å². The number of hydrogen-bond donors (Lipinski definition) is 1. The van der Waals surface area contributed by atoms with E-state index < -0.39 is 15.9 Å². The molecule has 6 nitrogen and oxygen atoms in total. The van der Waals surface area contributed by atoms with Crippen molar-refractivity contribution in [3.05, 3.63) is 59.7 Å². The first-order valence-corrected chi connectivity index (χ1v) is 8.86. The predicted octanol–water partition coefficient (Wildman–Crippen LogP) is 2.17. The van der Waals surface area contributed by atoms with Crippen LogP contribution >= 0.6 is 0 Å². The minimum Gasteiger partial charge on any atom is -0.326 e. The van der Waals surface area contributed by atoms with Crippen LogP contribution in [0.2, 0.25) is 0 Å². The number of aryl methyl sites for hydroxylation is 1. The molecule has 7 heteroatoms. The van der Waals surface area contributed by atoms with Crippen LogP contribution in [0.25, 0.3) is 0 Å². The Morgan fingerprint density at radius 3 is 2.58 bits per heavy atom. The minimum atomic E-state index is -3.87. The number of rotatable bonds is 4. The summed E-state index contributed by atoms with van der Waals surface area (Å²) in [7, 11) is -3.87. The van der Waals surface area contributed by atoms with Crippen LogP contribution in [-0.4, -0.2) is 31.1 Å². The summed E-state index contributed by atoms with van der Waals surface area (Å²) < 4.78 is 25.5. The predicted molar refractivity (Wildman–Crippen MR) is 89.1 cm³/mol. The summed E-state index contributed by atoms with van der Waals surface area (Å²) >= 11 is 0. The van der Waals surface area contributed by atoms with E-state index in [9.17, 15) is 18.0 Å². The molecule has 1 aliphatic rings. The Bertz CT molecular complexity index is 922. The number of fused-ring (bicyclic) bond motifs is 1. The maximum Gasteiger partial charge on any atom is 0.269 e. The average Bonchev–Trinajstić information content (AvgIpc) is 2.73. The third-order valence-electron chi connectivity index (χ3n) is 3.76.